The van der Waals surface area contributed by atoms with E-state index >= 15 is 0 Å². The average molecular weight is 383 g/mol. The van der Waals surface area contributed by atoms with Gasteiger partial charge in [-0.25, -0.2) is 0 Å². The highest BCUT2D eigenvalue weighted by molar-refractivity contribution is 5.77. The predicted molar refractivity (Wildman–Crippen MR) is 111 cm³/mol. The number of aryl methyl sites for hydroxylation is 1. The molecule has 2 aromatic rings. The van der Waals surface area contributed by atoms with Crippen LogP contribution in [0.15, 0.2) is 48.5 Å². The second kappa shape index (κ2) is 10.1. The molecule has 1 saturated heterocycles. The summed E-state index contributed by atoms with van der Waals surface area (Å²) in [7, 11) is 1.68. The smallest absolute Gasteiger partial charge is 0.223 e. The van der Waals surface area contributed by atoms with E-state index in [4.69, 9.17) is 9.47 Å². The van der Waals surface area contributed by atoms with Gasteiger partial charge in [0.2, 0.25) is 5.91 Å². The Balaban J connectivity index is 1.50. The molecule has 0 aromatic heterocycles. The van der Waals surface area contributed by atoms with Gasteiger partial charge in [-0.05, 0) is 43.5 Å². The number of piperazine rings is 1. The molecule has 1 aliphatic rings. The third-order valence-electron chi connectivity index (χ3n) is 5.10. The van der Waals surface area contributed by atoms with Crippen molar-refractivity contribution in [2.24, 2.45) is 0 Å². The maximum Gasteiger partial charge on any atom is 0.223 e. The Bertz CT molecular complexity index is 778. The van der Waals surface area contributed by atoms with Crippen molar-refractivity contribution < 1.29 is 14.3 Å². The van der Waals surface area contributed by atoms with Crippen molar-refractivity contribution in [1.29, 1.82) is 0 Å². The zero-order valence-corrected chi connectivity index (χ0v) is 16.8. The summed E-state index contributed by atoms with van der Waals surface area (Å²) in [6, 6.07) is 16.0. The van der Waals surface area contributed by atoms with Crippen molar-refractivity contribution in [3.8, 4) is 11.5 Å². The van der Waals surface area contributed by atoms with Crippen molar-refractivity contribution in [1.82, 2.24) is 10.2 Å². The van der Waals surface area contributed by atoms with Crippen molar-refractivity contribution in [2.75, 3.05) is 33.4 Å². The van der Waals surface area contributed by atoms with E-state index in [9.17, 15) is 4.79 Å². The first kappa shape index (κ1) is 20.2. The zero-order valence-electron chi connectivity index (χ0n) is 16.8. The number of hydrogen-bond acceptors (Lipinski definition) is 4. The number of unbranched alkanes of at least 4 members (excludes halogenated alkanes) is 1. The fraction of sp³-hybridized carbons (Fsp3) is 0.435. The second-order valence-electron chi connectivity index (χ2n) is 7.17. The van der Waals surface area contributed by atoms with Gasteiger partial charge in [-0.1, -0.05) is 30.3 Å². The van der Waals surface area contributed by atoms with Gasteiger partial charge in [0.05, 0.1) is 19.8 Å². The molecular weight excluding hydrogens is 352 g/mol. The summed E-state index contributed by atoms with van der Waals surface area (Å²) in [6.45, 7) is 4.99. The van der Waals surface area contributed by atoms with Crippen LogP contribution in [0.1, 0.15) is 36.4 Å². The predicted octanol–water partition coefficient (Wildman–Crippen LogP) is 3.73. The molecule has 0 aliphatic carbocycles. The third kappa shape index (κ3) is 5.26. The molecule has 5 heteroatoms. The van der Waals surface area contributed by atoms with Crippen LogP contribution in [-0.4, -0.2) is 44.2 Å². The minimum Gasteiger partial charge on any atom is -0.496 e. The lowest BCUT2D eigenvalue weighted by atomic mass is 10.0. The number of hydrogen-bond donors (Lipinski definition) is 1. The molecule has 1 unspecified atom stereocenters. The minimum absolute atomic E-state index is 0.0148. The van der Waals surface area contributed by atoms with Crippen molar-refractivity contribution in [3.05, 3.63) is 59.7 Å². The number of ether oxygens (including phenoxy) is 2. The lowest BCUT2D eigenvalue weighted by molar-refractivity contribution is -0.134. The Morgan fingerprint density at radius 2 is 2.04 bits per heavy atom. The van der Waals surface area contributed by atoms with Gasteiger partial charge in [-0.3, -0.25) is 4.79 Å². The van der Waals surface area contributed by atoms with Crippen molar-refractivity contribution in [2.45, 2.75) is 32.2 Å². The number of nitrogens with zero attached hydrogens (tertiary/aromatic N) is 1. The quantitative estimate of drug-likeness (QED) is 0.707. The number of benzene rings is 2. The van der Waals surface area contributed by atoms with Gasteiger partial charge < -0.3 is 19.7 Å². The van der Waals surface area contributed by atoms with Crippen molar-refractivity contribution >= 4 is 5.91 Å². The maximum absolute atomic E-state index is 12.9. The number of carbonyl (C=O) groups excluding carboxylic acids is 1. The van der Waals surface area contributed by atoms with E-state index in [1.54, 1.807) is 7.11 Å². The van der Waals surface area contributed by atoms with E-state index in [1.807, 2.05) is 47.4 Å². The molecule has 5 nitrogen and oxygen atoms in total. The molecule has 0 saturated carbocycles. The van der Waals surface area contributed by atoms with Gasteiger partial charge in [0.25, 0.3) is 0 Å². The van der Waals surface area contributed by atoms with E-state index in [-0.39, 0.29) is 11.9 Å². The van der Waals surface area contributed by atoms with Crippen LogP contribution in [0.25, 0.3) is 0 Å². The van der Waals surface area contributed by atoms with Crippen LogP contribution in [0.2, 0.25) is 0 Å². The SMILES string of the molecule is COc1ccccc1C1CNCCN1C(=O)CCCCOc1cccc(C)c1. The molecule has 2 aromatic carbocycles. The van der Waals surface area contributed by atoms with Gasteiger partial charge in [-0.2, -0.15) is 0 Å². The average Bonchev–Trinajstić information content (AvgIpc) is 2.73. The summed E-state index contributed by atoms with van der Waals surface area (Å²) in [6.07, 6.45) is 2.24. The van der Waals surface area contributed by atoms with Crippen molar-refractivity contribution in [3.63, 3.8) is 0 Å². The molecule has 1 N–H and O–H groups in total. The second-order valence-corrected chi connectivity index (χ2v) is 7.17. The maximum atomic E-state index is 12.9. The number of para-hydroxylation sites is 1. The zero-order chi connectivity index (χ0) is 19.8. The Morgan fingerprint density at radius 1 is 1.18 bits per heavy atom. The molecule has 0 bridgehead atoms. The van der Waals surface area contributed by atoms with Crippen LogP contribution in [0.5, 0.6) is 11.5 Å². The van der Waals surface area contributed by atoms with Crippen LogP contribution >= 0.6 is 0 Å². The standard InChI is InChI=1S/C23H30N2O3/c1-18-8-7-9-19(16-18)28-15-6-5-12-23(26)25-14-13-24-17-21(25)20-10-3-4-11-22(20)27-2/h3-4,7-11,16,21,24H,5-6,12-15,17H2,1-2H3. The molecule has 1 atom stereocenters. The van der Waals surface area contributed by atoms with Gasteiger partial charge in [0.15, 0.2) is 0 Å². The lowest BCUT2D eigenvalue weighted by Gasteiger charge is -2.37. The Morgan fingerprint density at radius 3 is 2.86 bits per heavy atom. The third-order valence-corrected chi connectivity index (χ3v) is 5.10. The first-order chi connectivity index (χ1) is 13.7. The number of amides is 1. The van der Waals surface area contributed by atoms with E-state index in [0.717, 1.165) is 49.5 Å². The summed E-state index contributed by atoms with van der Waals surface area (Å²) < 4.78 is 11.3. The van der Waals surface area contributed by atoms with E-state index < -0.39 is 0 Å². The van der Waals surface area contributed by atoms with Crippen LogP contribution < -0.4 is 14.8 Å². The van der Waals surface area contributed by atoms with Gasteiger partial charge in [0, 0.05) is 31.6 Å². The van der Waals surface area contributed by atoms with Gasteiger partial charge in [0.1, 0.15) is 11.5 Å². The Kier molecular flexibility index (Phi) is 7.31. The minimum atomic E-state index is 0.0148. The van der Waals surface area contributed by atoms with E-state index in [0.29, 0.717) is 13.0 Å². The normalized spacial score (nSPS) is 16.6. The number of carbonyl (C=O) groups is 1. The Labute approximate surface area is 167 Å². The molecule has 1 aliphatic heterocycles. The van der Waals surface area contributed by atoms with Crippen LogP contribution in [0.4, 0.5) is 0 Å². The Hall–Kier alpha value is -2.53. The number of methoxy groups -OCH3 is 1. The van der Waals surface area contributed by atoms with Gasteiger partial charge in [-0.15, -0.1) is 0 Å². The highest BCUT2D eigenvalue weighted by Gasteiger charge is 2.29. The first-order valence-corrected chi connectivity index (χ1v) is 10.0. The lowest BCUT2D eigenvalue weighted by Crippen LogP contribution is -2.48. The summed E-state index contributed by atoms with van der Waals surface area (Å²) in [5, 5.41) is 3.40. The molecule has 1 fully saturated rings. The molecule has 0 spiro atoms. The first-order valence-electron chi connectivity index (χ1n) is 10.0. The fourth-order valence-electron chi connectivity index (χ4n) is 3.64. The van der Waals surface area contributed by atoms with Gasteiger partial charge >= 0.3 is 0 Å². The van der Waals surface area contributed by atoms with E-state index in [2.05, 4.69) is 18.3 Å². The molecule has 1 heterocycles. The monoisotopic (exact) mass is 382 g/mol. The highest BCUT2D eigenvalue weighted by Crippen LogP contribution is 2.30. The summed E-state index contributed by atoms with van der Waals surface area (Å²) in [5.41, 5.74) is 2.25. The highest BCUT2D eigenvalue weighted by atomic mass is 16.5. The molecule has 150 valence electrons. The fourth-order valence-corrected chi connectivity index (χ4v) is 3.64. The van der Waals surface area contributed by atoms with Crippen LogP contribution in [0.3, 0.4) is 0 Å². The topological polar surface area (TPSA) is 50.8 Å². The number of nitrogens with one attached hydrogen (secondary N) is 1. The largest absolute Gasteiger partial charge is 0.496 e. The van der Waals surface area contributed by atoms with E-state index in [1.165, 1.54) is 5.56 Å². The molecule has 1 amide bonds. The summed E-state index contributed by atoms with van der Waals surface area (Å²) in [4.78, 5) is 14.9. The summed E-state index contributed by atoms with van der Waals surface area (Å²) >= 11 is 0. The molecular formula is C23H30N2O3. The number of rotatable bonds is 8. The molecule has 28 heavy (non-hydrogen) atoms. The van der Waals surface area contributed by atoms with Crippen LogP contribution in [0, 0.1) is 6.92 Å². The molecule has 0 radical (unpaired) electrons. The summed E-state index contributed by atoms with van der Waals surface area (Å²) in [5.74, 6) is 1.93. The van der Waals surface area contributed by atoms with Crippen LogP contribution in [-0.2, 0) is 4.79 Å². The molecule has 3 rings (SSSR count).